The van der Waals surface area contributed by atoms with Gasteiger partial charge in [0, 0.05) is 5.02 Å². The molecule has 0 aliphatic carbocycles. The summed E-state index contributed by atoms with van der Waals surface area (Å²) >= 11 is 18.1. The number of hydrogen-bond donors (Lipinski definition) is 1. The molecule has 2 unspecified atom stereocenters. The van der Waals surface area contributed by atoms with Crippen LogP contribution in [0.5, 0.6) is 5.75 Å². The van der Waals surface area contributed by atoms with Crippen LogP contribution in [-0.2, 0) is 0 Å². The van der Waals surface area contributed by atoms with Crippen molar-refractivity contribution in [3.8, 4) is 5.75 Å². The van der Waals surface area contributed by atoms with Gasteiger partial charge in [-0.2, -0.15) is 5.10 Å². The Hall–Kier alpha value is -1.01. The van der Waals surface area contributed by atoms with Crippen LogP contribution < -0.4 is 4.74 Å². The molecule has 0 fully saturated rings. The maximum Gasteiger partial charge on any atom is 0.156 e. The fourth-order valence-corrected chi connectivity index (χ4v) is 3.46. The highest BCUT2D eigenvalue weighted by atomic mass is 35.5. The fourth-order valence-electron chi connectivity index (χ4n) is 2.53. The third kappa shape index (κ3) is 5.48. The van der Waals surface area contributed by atoms with Crippen molar-refractivity contribution in [3.05, 3.63) is 39.9 Å². The van der Waals surface area contributed by atoms with Crippen molar-refractivity contribution in [2.24, 2.45) is 5.41 Å². The molecule has 1 aromatic heterocycles. The molecular formula is C17H22Cl3N3O2. The molecule has 25 heavy (non-hydrogen) atoms. The number of halogens is 3. The molecular weight excluding hydrogens is 385 g/mol. The van der Waals surface area contributed by atoms with Crippen molar-refractivity contribution in [2.45, 2.75) is 45.8 Å². The SMILES string of the molecule is CC(C)(C)C(O)C(CCCOc1c(Cl)cc(Cl)cc1Cl)n1cncn1. The molecule has 2 aromatic rings. The molecule has 2 atom stereocenters. The van der Waals surface area contributed by atoms with Crippen LogP contribution in [0, 0.1) is 5.41 Å². The summed E-state index contributed by atoms with van der Waals surface area (Å²) < 4.78 is 7.40. The second-order valence-electron chi connectivity index (χ2n) is 6.94. The Labute approximate surface area is 162 Å². The summed E-state index contributed by atoms with van der Waals surface area (Å²) in [6.07, 6.45) is 3.87. The highest BCUT2D eigenvalue weighted by molar-refractivity contribution is 6.40. The number of rotatable bonds is 7. The van der Waals surface area contributed by atoms with E-state index < -0.39 is 6.10 Å². The van der Waals surface area contributed by atoms with Gasteiger partial charge < -0.3 is 9.84 Å². The summed E-state index contributed by atoms with van der Waals surface area (Å²) in [4.78, 5) is 3.98. The average Bonchev–Trinajstić information content (AvgIpc) is 3.01. The summed E-state index contributed by atoms with van der Waals surface area (Å²) in [5.74, 6) is 0.418. The van der Waals surface area contributed by atoms with Crippen LogP contribution in [0.15, 0.2) is 24.8 Å². The Kier molecular flexibility index (Phi) is 6.97. The fraction of sp³-hybridized carbons (Fsp3) is 0.529. The summed E-state index contributed by atoms with van der Waals surface area (Å²) in [6, 6.07) is 2.99. The predicted octanol–water partition coefficient (Wildman–Crippen LogP) is 5.05. The standard InChI is InChI=1S/C17H22Cl3N3O2/c1-17(2,3)16(24)14(23-10-21-9-22-23)5-4-6-25-15-12(19)7-11(18)8-13(15)20/h7-10,14,16,24H,4-6H2,1-3H3. The number of aliphatic hydroxyl groups is 1. The smallest absolute Gasteiger partial charge is 0.156 e. The largest absolute Gasteiger partial charge is 0.490 e. The molecule has 138 valence electrons. The molecule has 0 bridgehead atoms. The quantitative estimate of drug-likeness (QED) is 0.654. The molecule has 5 nitrogen and oxygen atoms in total. The molecule has 1 N–H and O–H groups in total. The van der Waals surface area contributed by atoms with Crippen molar-refractivity contribution in [1.29, 1.82) is 0 Å². The van der Waals surface area contributed by atoms with Gasteiger partial charge in [-0.05, 0) is 30.4 Å². The summed E-state index contributed by atoms with van der Waals surface area (Å²) in [6.45, 7) is 6.38. The van der Waals surface area contributed by atoms with Crippen LogP contribution in [0.1, 0.15) is 39.7 Å². The number of nitrogens with zero attached hydrogens (tertiary/aromatic N) is 3. The van der Waals surface area contributed by atoms with E-state index in [1.54, 1.807) is 23.1 Å². The maximum atomic E-state index is 10.7. The molecule has 0 amide bonds. The van der Waals surface area contributed by atoms with Crippen molar-refractivity contribution in [2.75, 3.05) is 6.61 Å². The highest BCUT2D eigenvalue weighted by Gasteiger charge is 2.31. The Bertz CT molecular complexity index is 664. The third-order valence-electron chi connectivity index (χ3n) is 3.88. The minimum absolute atomic E-state index is 0.192. The van der Waals surface area contributed by atoms with Gasteiger partial charge in [0.1, 0.15) is 12.7 Å². The van der Waals surface area contributed by atoms with Crippen molar-refractivity contribution >= 4 is 34.8 Å². The van der Waals surface area contributed by atoms with E-state index in [1.807, 2.05) is 20.8 Å². The van der Waals surface area contributed by atoms with Gasteiger partial charge in [0.05, 0.1) is 28.8 Å². The number of benzene rings is 1. The van der Waals surface area contributed by atoms with Gasteiger partial charge in [-0.3, -0.25) is 0 Å². The van der Waals surface area contributed by atoms with Crippen LogP contribution in [0.3, 0.4) is 0 Å². The van der Waals surface area contributed by atoms with Crippen molar-refractivity contribution in [1.82, 2.24) is 14.8 Å². The Morgan fingerprint density at radius 2 is 1.84 bits per heavy atom. The minimum Gasteiger partial charge on any atom is -0.490 e. The highest BCUT2D eigenvalue weighted by Crippen LogP contribution is 2.36. The second-order valence-corrected chi connectivity index (χ2v) is 8.19. The summed E-state index contributed by atoms with van der Waals surface area (Å²) in [5.41, 5.74) is -0.278. The maximum absolute atomic E-state index is 10.7. The topological polar surface area (TPSA) is 60.2 Å². The second kappa shape index (κ2) is 8.58. The van der Waals surface area contributed by atoms with E-state index in [4.69, 9.17) is 39.5 Å². The zero-order valence-corrected chi connectivity index (χ0v) is 16.7. The van der Waals surface area contributed by atoms with Gasteiger partial charge in [-0.1, -0.05) is 55.6 Å². The number of aromatic nitrogens is 3. The van der Waals surface area contributed by atoms with Gasteiger partial charge in [-0.25, -0.2) is 9.67 Å². The van der Waals surface area contributed by atoms with E-state index in [2.05, 4.69) is 10.1 Å². The van der Waals surface area contributed by atoms with Crippen LogP contribution >= 0.6 is 34.8 Å². The Morgan fingerprint density at radius 1 is 1.20 bits per heavy atom. The normalized spacial score (nSPS) is 14.4. The van der Waals surface area contributed by atoms with Gasteiger partial charge in [-0.15, -0.1) is 0 Å². The number of ether oxygens (including phenoxy) is 1. The molecule has 2 rings (SSSR count). The van der Waals surface area contributed by atoms with Crippen molar-refractivity contribution in [3.63, 3.8) is 0 Å². The van der Waals surface area contributed by atoms with Crippen LogP contribution in [0.2, 0.25) is 15.1 Å². The first-order valence-corrected chi connectivity index (χ1v) is 9.13. The molecule has 0 radical (unpaired) electrons. The van der Waals surface area contributed by atoms with Crippen LogP contribution in [0.25, 0.3) is 0 Å². The molecule has 0 spiro atoms. The van der Waals surface area contributed by atoms with E-state index in [0.717, 1.165) is 0 Å². The molecule has 1 heterocycles. The third-order valence-corrected chi connectivity index (χ3v) is 4.66. The lowest BCUT2D eigenvalue weighted by molar-refractivity contribution is 0.00759. The molecule has 8 heteroatoms. The minimum atomic E-state index is -0.572. The van der Waals surface area contributed by atoms with Gasteiger partial charge in [0.25, 0.3) is 0 Å². The Morgan fingerprint density at radius 3 is 2.36 bits per heavy atom. The lowest BCUT2D eigenvalue weighted by Gasteiger charge is -2.33. The number of aliphatic hydroxyl groups excluding tert-OH is 1. The zero-order chi connectivity index (χ0) is 18.6. The first-order chi connectivity index (χ1) is 11.7. The van der Waals surface area contributed by atoms with Gasteiger partial charge >= 0.3 is 0 Å². The first-order valence-electron chi connectivity index (χ1n) is 7.99. The van der Waals surface area contributed by atoms with Crippen LogP contribution in [-0.4, -0.2) is 32.6 Å². The monoisotopic (exact) mass is 405 g/mol. The van der Waals surface area contributed by atoms with E-state index in [-0.39, 0.29) is 11.5 Å². The first kappa shape index (κ1) is 20.3. The van der Waals surface area contributed by atoms with E-state index >= 15 is 0 Å². The molecule has 0 aliphatic heterocycles. The summed E-state index contributed by atoms with van der Waals surface area (Å²) in [7, 11) is 0. The molecule has 0 saturated carbocycles. The van der Waals surface area contributed by atoms with E-state index in [9.17, 15) is 5.11 Å². The molecule has 0 saturated heterocycles. The van der Waals surface area contributed by atoms with Crippen LogP contribution in [0.4, 0.5) is 0 Å². The lowest BCUT2D eigenvalue weighted by Crippen LogP contribution is -2.36. The van der Waals surface area contributed by atoms with Gasteiger partial charge in [0.2, 0.25) is 0 Å². The molecule has 0 aliphatic rings. The van der Waals surface area contributed by atoms with E-state index in [1.165, 1.54) is 6.33 Å². The lowest BCUT2D eigenvalue weighted by atomic mass is 9.83. The summed E-state index contributed by atoms with van der Waals surface area (Å²) in [5, 5.41) is 16.1. The van der Waals surface area contributed by atoms with Gasteiger partial charge in [0.15, 0.2) is 5.75 Å². The van der Waals surface area contributed by atoms with E-state index in [0.29, 0.717) is 40.3 Å². The number of hydrogen-bond acceptors (Lipinski definition) is 4. The predicted molar refractivity (Wildman–Crippen MR) is 101 cm³/mol. The average molecular weight is 407 g/mol. The zero-order valence-electron chi connectivity index (χ0n) is 14.4. The van der Waals surface area contributed by atoms with Crippen molar-refractivity contribution < 1.29 is 9.84 Å². The molecule has 1 aromatic carbocycles. The Balaban J connectivity index is 1.98.